The third-order valence-corrected chi connectivity index (χ3v) is 3.50. The summed E-state index contributed by atoms with van der Waals surface area (Å²) in [6.45, 7) is 1.36. The van der Waals surface area contributed by atoms with Crippen LogP contribution in [0, 0.1) is 0 Å². The summed E-state index contributed by atoms with van der Waals surface area (Å²) in [6, 6.07) is 4.00. The van der Waals surface area contributed by atoms with E-state index in [9.17, 15) is 4.79 Å². The molecule has 1 aliphatic heterocycles. The Morgan fingerprint density at radius 2 is 2.41 bits per heavy atom. The molecule has 0 radical (unpaired) electrons. The van der Waals surface area contributed by atoms with E-state index in [2.05, 4.69) is 15.6 Å². The molecule has 0 aliphatic carbocycles. The maximum Gasteiger partial charge on any atom is 0.322 e. The Hall–Kier alpha value is -1.89. The second kappa shape index (κ2) is 4.17. The van der Waals surface area contributed by atoms with Crippen molar-refractivity contribution in [1.82, 2.24) is 19.9 Å². The zero-order valence-electron chi connectivity index (χ0n) is 8.98. The molecular weight excluding hydrogens is 238 g/mol. The van der Waals surface area contributed by atoms with Gasteiger partial charge in [-0.05, 0) is 17.5 Å². The Kier molecular flexibility index (Phi) is 2.52. The smallest absolute Gasteiger partial charge is 0.320 e. The lowest BCUT2D eigenvalue weighted by Crippen LogP contribution is -2.52. The molecule has 0 bridgehead atoms. The van der Waals surface area contributed by atoms with Crippen molar-refractivity contribution >= 4 is 22.4 Å². The van der Waals surface area contributed by atoms with Crippen LogP contribution in [0.25, 0.3) is 0 Å². The minimum absolute atomic E-state index is 0.0520. The van der Waals surface area contributed by atoms with Crippen molar-refractivity contribution in [2.45, 2.75) is 6.04 Å². The summed E-state index contributed by atoms with van der Waals surface area (Å²) < 4.78 is 1.79. The molecule has 1 aliphatic rings. The number of nitrogens with zero attached hydrogens (tertiary/aromatic N) is 4. The van der Waals surface area contributed by atoms with Crippen molar-refractivity contribution in [2.75, 3.05) is 18.4 Å². The summed E-state index contributed by atoms with van der Waals surface area (Å²) in [5, 5.41) is 13.3. The quantitative estimate of drug-likeness (QED) is 0.875. The predicted octanol–water partition coefficient (Wildman–Crippen LogP) is 1.43. The fourth-order valence-corrected chi connectivity index (χ4v) is 2.34. The highest BCUT2D eigenvalue weighted by atomic mass is 32.1. The van der Waals surface area contributed by atoms with Crippen LogP contribution < -0.4 is 5.32 Å². The number of urea groups is 1. The third kappa shape index (κ3) is 2.01. The van der Waals surface area contributed by atoms with Gasteiger partial charge in [-0.25, -0.2) is 9.48 Å². The van der Waals surface area contributed by atoms with Crippen LogP contribution in [-0.2, 0) is 0 Å². The molecule has 1 N–H and O–H groups in total. The molecule has 0 saturated carbocycles. The van der Waals surface area contributed by atoms with E-state index in [1.807, 2.05) is 23.7 Å². The van der Waals surface area contributed by atoms with Crippen LogP contribution in [-0.4, -0.2) is 39.0 Å². The van der Waals surface area contributed by atoms with Gasteiger partial charge in [0.1, 0.15) is 0 Å². The van der Waals surface area contributed by atoms with Crippen LogP contribution in [0.3, 0.4) is 0 Å². The molecule has 17 heavy (non-hydrogen) atoms. The average Bonchev–Trinajstić information content (AvgIpc) is 2.87. The van der Waals surface area contributed by atoms with E-state index in [1.165, 1.54) is 11.3 Å². The average molecular weight is 249 g/mol. The summed E-state index contributed by atoms with van der Waals surface area (Å²) in [5.74, 6) is 0. The number of likely N-dealkylation sites (tertiary alicyclic amines) is 1. The number of nitrogens with one attached hydrogen (secondary N) is 1. The third-order valence-electron chi connectivity index (χ3n) is 2.72. The Morgan fingerprint density at radius 3 is 3.06 bits per heavy atom. The molecule has 0 atom stereocenters. The molecule has 1 saturated heterocycles. The van der Waals surface area contributed by atoms with Crippen LogP contribution in [0.15, 0.2) is 29.9 Å². The number of aromatic nitrogens is 3. The number of rotatable bonds is 2. The number of thiophene rings is 1. The first-order chi connectivity index (χ1) is 8.33. The Balaban J connectivity index is 1.54. The van der Waals surface area contributed by atoms with Crippen molar-refractivity contribution in [2.24, 2.45) is 0 Å². The molecular formula is C10H11N5OS. The van der Waals surface area contributed by atoms with Gasteiger partial charge in [0.05, 0.1) is 17.2 Å². The fraction of sp³-hybridized carbons (Fsp3) is 0.300. The predicted molar refractivity (Wildman–Crippen MR) is 64.0 cm³/mol. The van der Waals surface area contributed by atoms with Gasteiger partial charge in [-0.2, -0.15) is 0 Å². The zero-order valence-corrected chi connectivity index (χ0v) is 9.80. The number of carbonyl (C=O) groups is 1. The lowest BCUT2D eigenvalue weighted by Gasteiger charge is -2.38. The molecule has 0 aromatic carbocycles. The second-order valence-electron chi connectivity index (χ2n) is 3.85. The first-order valence-electron chi connectivity index (χ1n) is 5.28. The van der Waals surface area contributed by atoms with Crippen LogP contribution in [0.1, 0.15) is 6.04 Å². The summed E-state index contributed by atoms with van der Waals surface area (Å²) in [7, 11) is 0. The van der Waals surface area contributed by atoms with Gasteiger partial charge in [0.15, 0.2) is 0 Å². The number of hydrogen-bond acceptors (Lipinski definition) is 4. The highest BCUT2D eigenvalue weighted by Gasteiger charge is 2.32. The van der Waals surface area contributed by atoms with E-state index in [0.29, 0.717) is 13.1 Å². The van der Waals surface area contributed by atoms with Gasteiger partial charge in [0.2, 0.25) is 0 Å². The lowest BCUT2D eigenvalue weighted by molar-refractivity contribution is 0.127. The number of hydrogen-bond donors (Lipinski definition) is 1. The monoisotopic (exact) mass is 249 g/mol. The molecule has 2 aromatic rings. The maximum absolute atomic E-state index is 11.8. The van der Waals surface area contributed by atoms with Crippen LogP contribution in [0.4, 0.5) is 9.80 Å². The van der Waals surface area contributed by atoms with Crippen molar-refractivity contribution in [3.63, 3.8) is 0 Å². The fourth-order valence-electron chi connectivity index (χ4n) is 1.73. The van der Waals surface area contributed by atoms with E-state index in [1.54, 1.807) is 15.8 Å². The summed E-state index contributed by atoms with van der Waals surface area (Å²) in [5.41, 5.74) is 0. The Morgan fingerprint density at radius 1 is 1.53 bits per heavy atom. The Bertz CT molecular complexity index is 489. The summed E-state index contributed by atoms with van der Waals surface area (Å²) in [6.07, 6.45) is 3.47. The van der Waals surface area contributed by atoms with Crippen LogP contribution >= 0.6 is 11.3 Å². The van der Waals surface area contributed by atoms with Gasteiger partial charge in [0, 0.05) is 19.3 Å². The second-order valence-corrected chi connectivity index (χ2v) is 4.80. The zero-order chi connectivity index (χ0) is 11.7. The van der Waals surface area contributed by atoms with Crippen molar-refractivity contribution in [3.8, 4) is 0 Å². The molecule has 0 spiro atoms. The van der Waals surface area contributed by atoms with E-state index in [-0.39, 0.29) is 12.1 Å². The standard InChI is InChI=1S/C10H11N5OS/c16-10(12-9-2-1-5-17-9)14-6-8(7-14)15-4-3-11-13-15/h1-5,8H,6-7H2,(H,12,16). The number of amides is 2. The van der Waals surface area contributed by atoms with Gasteiger partial charge in [-0.3, -0.25) is 5.32 Å². The molecule has 7 heteroatoms. The first kappa shape index (κ1) is 10.3. The molecule has 6 nitrogen and oxygen atoms in total. The van der Waals surface area contributed by atoms with Crippen LogP contribution in [0.5, 0.6) is 0 Å². The van der Waals surface area contributed by atoms with E-state index in [0.717, 1.165) is 5.00 Å². The van der Waals surface area contributed by atoms with Crippen molar-refractivity contribution in [1.29, 1.82) is 0 Å². The van der Waals surface area contributed by atoms with Crippen LogP contribution in [0.2, 0.25) is 0 Å². The molecule has 2 aromatic heterocycles. The molecule has 3 heterocycles. The lowest BCUT2D eigenvalue weighted by atomic mass is 10.1. The largest absolute Gasteiger partial charge is 0.322 e. The van der Waals surface area contributed by atoms with Gasteiger partial charge in [-0.1, -0.05) is 5.21 Å². The topological polar surface area (TPSA) is 63.1 Å². The molecule has 0 unspecified atom stereocenters. The summed E-state index contributed by atoms with van der Waals surface area (Å²) in [4.78, 5) is 13.5. The Labute approximate surface area is 102 Å². The first-order valence-corrected chi connectivity index (χ1v) is 6.16. The van der Waals surface area contributed by atoms with Gasteiger partial charge in [0.25, 0.3) is 0 Å². The van der Waals surface area contributed by atoms with E-state index < -0.39 is 0 Å². The van der Waals surface area contributed by atoms with Gasteiger partial charge >= 0.3 is 6.03 Å². The highest BCUT2D eigenvalue weighted by Crippen LogP contribution is 2.22. The molecule has 2 amide bonds. The highest BCUT2D eigenvalue weighted by molar-refractivity contribution is 7.14. The number of carbonyl (C=O) groups excluding carboxylic acids is 1. The molecule has 3 rings (SSSR count). The molecule has 88 valence electrons. The van der Waals surface area contributed by atoms with Gasteiger partial charge < -0.3 is 4.90 Å². The minimum Gasteiger partial charge on any atom is -0.320 e. The van der Waals surface area contributed by atoms with Crippen molar-refractivity contribution < 1.29 is 4.79 Å². The maximum atomic E-state index is 11.8. The van der Waals surface area contributed by atoms with Crippen molar-refractivity contribution in [3.05, 3.63) is 29.9 Å². The van der Waals surface area contributed by atoms with E-state index in [4.69, 9.17) is 0 Å². The SMILES string of the molecule is O=C(Nc1cccs1)N1CC(n2ccnn2)C1. The minimum atomic E-state index is -0.0520. The van der Waals surface area contributed by atoms with Gasteiger partial charge in [-0.15, -0.1) is 16.4 Å². The summed E-state index contributed by atoms with van der Waals surface area (Å²) >= 11 is 1.52. The molecule has 1 fully saturated rings. The normalized spacial score (nSPS) is 15.6. The van der Waals surface area contributed by atoms with E-state index >= 15 is 0 Å². The number of anilines is 1.